The van der Waals surface area contributed by atoms with E-state index in [2.05, 4.69) is 9.80 Å². The van der Waals surface area contributed by atoms with Crippen LogP contribution in [0, 0.1) is 6.92 Å². The first-order valence-corrected chi connectivity index (χ1v) is 12.9. The highest BCUT2D eigenvalue weighted by molar-refractivity contribution is 6.01. The fourth-order valence-corrected chi connectivity index (χ4v) is 4.71. The number of anilines is 2. The first-order valence-electron chi connectivity index (χ1n) is 12.9. The third-order valence-electron chi connectivity index (χ3n) is 7.23. The van der Waals surface area contributed by atoms with E-state index in [0.717, 1.165) is 37.4 Å². The molecule has 0 aliphatic carbocycles. The number of nitrogens with zero attached hydrogens (tertiary/aromatic N) is 4. The van der Waals surface area contributed by atoms with Gasteiger partial charge in [-0.1, -0.05) is 18.2 Å². The maximum atomic E-state index is 12.9. The van der Waals surface area contributed by atoms with Crippen LogP contribution in [0.1, 0.15) is 19.4 Å². The highest BCUT2D eigenvalue weighted by Gasteiger charge is 2.34. The summed E-state index contributed by atoms with van der Waals surface area (Å²) in [7, 11) is 3.43. The Morgan fingerprint density at radius 2 is 1.68 bits per heavy atom. The predicted octanol–water partition coefficient (Wildman–Crippen LogP) is 2.88. The Labute approximate surface area is 225 Å². The molecule has 2 N–H and O–H groups in total. The summed E-state index contributed by atoms with van der Waals surface area (Å²) in [5, 5.41) is 0. The lowest BCUT2D eigenvalue weighted by Crippen LogP contribution is -2.55. The van der Waals surface area contributed by atoms with Crippen LogP contribution in [-0.2, 0) is 14.3 Å². The molecule has 1 atom stereocenters. The number of para-hydroxylation sites is 1. The highest BCUT2D eigenvalue weighted by atomic mass is 16.5. The Hall–Kier alpha value is -3.47. The minimum absolute atomic E-state index is 0.00795. The van der Waals surface area contributed by atoms with E-state index in [1.807, 2.05) is 50.4 Å². The van der Waals surface area contributed by atoms with Gasteiger partial charge in [-0.25, -0.2) is 14.1 Å². The summed E-state index contributed by atoms with van der Waals surface area (Å²) < 4.78 is 10.8. The average Bonchev–Trinajstić information content (AvgIpc) is 2.89. The molecule has 0 radical (unpaired) electrons. The smallest absolute Gasteiger partial charge is 0.324 e. The molecule has 3 rings (SSSR count). The second-order valence-electron chi connectivity index (χ2n) is 9.67. The topological polar surface area (TPSA) is 105 Å². The number of ether oxygens (including phenoxy) is 2. The molecule has 0 aromatic heterocycles. The van der Waals surface area contributed by atoms with E-state index in [1.54, 1.807) is 19.9 Å². The largest absolute Gasteiger partial charge is 0.494 e. The van der Waals surface area contributed by atoms with Gasteiger partial charge < -0.3 is 15.2 Å². The molecule has 206 valence electrons. The first kappa shape index (κ1) is 29.1. The minimum atomic E-state index is -0.628. The number of urea groups is 1. The van der Waals surface area contributed by atoms with Gasteiger partial charge >= 0.3 is 17.9 Å². The third-order valence-corrected chi connectivity index (χ3v) is 7.23. The Balaban J connectivity index is 1.78. The molecule has 0 saturated carbocycles. The standard InChI is InChI=1S/C28H39N5O5/c1-6-38-27(35)20-31-15-13-30(14-16-31)17-18-33(4,22(3)34)23-11-12-25(26(19-23)37-5)32(28(29)36)24-10-8-7-9-21(24)2/h7-12,19H,6,13-18,20H2,1-5H3,(H-,29,36)/p+1. The average molecular weight is 527 g/mol. The van der Waals surface area contributed by atoms with Gasteiger partial charge in [0.2, 0.25) is 0 Å². The van der Waals surface area contributed by atoms with E-state index in [1.165, 1.54) is 12.0 Å². The molecule has 10 nitrogen and oxygen atoms in total. The van der Waals surface area contributed by atoms with Gasteiger partial charge in [0.25, 0.3) is 0 Å². The molecular weight excluding hydrogens is 486 g/mol. The van der Waals surface area contributed by atoms with Gasteiger partial charge in [-0.2, -0.15) is 0 Å². The normalized spacial score (nSPS) is 15.9. The molecule has 2 aromatic rings. The second kappa shape index (κ2) is 12.9. The monoisotopic (exact) mass is 526 g/mol. The lowest BCUT2D eigenvalue weighted by Gasteiger charge is -2.37. The Morgan fingerprint density at radius 3 is 2.26 bits per heavy atom. The van der Waals surface area contributed by atoms with E-state index in [9.17, 15) is 14.4 Å². The van der Waals surface area contributed by atoms with Crippen molar-refractivity contribution < 1.29 is 23.9 Å². The molecule has 3 amide bonds. The number of hydrogen-bond acceptors (Lipinski definition) is 7. The van der Waals surface area contributed by atoms with Gasteiger partial charge in [-0.05, 0) is 31.5 Å². The van der Waals surface area contributed by atoms with Crippen molar-refractivity contribution >= 4 is 35.0 Å². The number of esters is 1. The highest BCUT2D eigenvalue weighted by Crippen LogP contribution is 2.39. The summed E-state index contributed by atoms with van der Waals surface area (Å²) in [5.74, 6) is 0.241. The van der Waals surface area contributed by atoms with Crippen LogP contribution in [0.4, 0.5) is 21.9 Å². The zero-order valence-electron chi connectivity index (χ0n) is 23.1. The SMILES string of the molecule is CCOC(=O)CN1CCN(CC[N+](C)(C(C)=O)c2ccc(N(C(N)=O)c3ccccc3C)c(OC)c2)CC1. The van der Waals surface area contributed by atoms with Gasteiger partial charge in [-0.15, -0.1) is 0 Å². The predicted molar refractivity (Wildman–Crippen MR) is 149 cm³/mol. The summed E-state index contributed by atoms with van der Waals surface area (Å²) in [6.07, 6.45) is 0. The minimum Gasteiger partial charge on any atom is -0.494 e. The molecule has 0 spiro atoms. The van der Waals surface area contributed by atoms with Crippen molar-refractivity contribution in [3.63, 3.8) is 0 Å². The van der Waals surface area contributed by atoms with Crippen LogP contribution in [0.25, 0.3) is 0 Å². The molecule has 0 bridgehead atoms. The lowest BCUT2D eigenvalue weighted by atomic mass is 10.1. The molecule has 1 heterocycles. The number of primary amides is 1. The number of rotatable bonds is 10. The summed E-state index contributed by atoms with van der Waals surface area (Å²) >= 11 is 0. The Bertz CT molecular complexity index is 1150. The second-order valence-corrected chi connectivity index (χ2v) is 9.67. The number of carbonyl (C=O) groups excluding carboxylic acids is 3. The molecule has 1 aliphatic rings. The number of carbonyl (C=O) groups is 3. The first-order chi connectivity index (χ1) is 18.1. The molecule has 10 heteroatoms. The van der Waals surface area contributed by atoms with E-state index in [4.69, 9.17) is 15.2 Å². The Kier molecular flexibility index (Phi) is 9.84. The van der Waals surface area contributed by atoms with Gasteiger partial charge in [0.1, 0.15) is 18.0 Å². The zero-order chi connectivity index (χ0) is 27.9. The summed E-state index contributed by atoms with van der Waals surface area (Å²) in [6, 6.07) is 12.3. The molecule has 1 aliphatic heterocycles. The van der Waals surface area contributed by atoms with Crippen LogP contribution < -0.4 is 19.9 Å². The molecular formula is C28H40N5O5+. The van der Waals surface area contributed by atoms with Crippen molar-refractivity contribution in [3.05, 3.63) is 48.0 Å². The number of amides is 3. The number of hydrogen-bond donors (Lipinski definition) is 1. The summed E-state index contributed by atoms with van der Waals surface area (Å²) in [6.45, 7) is 10.4. The van der Waals surface area contributed by atoms with Crippen LogP contribution in [-0.4, -0.2) is 94.3 Å². The van der Waals surface area contributed by atoms with Gasteiger partial charge in [0.05, 0.1) is 45.6 Å². The van der Waals surface area contributed by atoms with E-state index >= 15 is 0 Å². The van der Waals surface area contributed by atoms with Crippen LogP contribution in [0.15, 0.2) is 42.5 Å². The quantitative estimate of drug-likeness (QED) is 0.375. The molecule has 1 fully saturated rings. The van der Waals surface area contributed by atoms with Crippen molar-refractivity contribution in [3.8, 4) is 5.75 Å². The van der Waals surface area contributed by atoms with Gasteiger partial charge in [0.15, 0.2) is 0 Å². The number of aryl methyl sites for hydroxylation is 1. The maximum absolute atomic E-state index is 12.9. The van der Waals surface area contributed by atoms with E-state index in [0.29, 0.717) is 43.4 Å². The Morgan fingerprint density at radius 1 is 1.03 bits per heavy atom. The van der Waals surface area contributed by atoms with Crippen LogP contribution in [0.3, 0.4) is 0 Å². The molecule has 38 heavy (non-hydrogen) atoms. The van der Waals surface area contributed by atoms with Gasteiger partial charge in [0, 0.05) is 44.9 Å². The molecule has 1 unspecified atom stereocenters. The fourth-order valence-electron chi connectivity index (χ4n) is 4.71. The number of nitrogens with two attached hydrogens (primary N) is 1. The maximum Gasteiger partial charge on any atom is 0.324 e. The third kappa shape index (κ3) is 6.69. The number of piperazine rings is 1. The van der Waals surface area contributed by atoms with Crippen molar-refractivity contribution in [1.29, 1.82) is 0 Å². The number of quaternary nitrogens is 1. The lowest BCUT2D eigenvalue weighted by molar-refractivity contribution is -0.144. The van der Waals surface area contributed by atoms with E-state index < -0.39 is 6.03 Å². The van der Waals surface area contributed by atoms with Crippen LogP contribution in [0.5, 0.6) is 5.75 Å². The number of likely N-dealkylation sites (N-methyl/N-ethyl adjacent to an activating group) is 1. The van der Waals surface area contributed by atoms with Crippen molar-refractivity contribution in [2.45, 2.75) is 20.8 Å². The summed E-state index contributed by atoms with van der Waals surface area (Å²) in [5.41, 5.74) is 8.61. The van der Waals surface area contributed by atoms with Crippen LogP contribution >= 0.6 is 0 Å². The number of benzene rings is 2. The van der Waals surface area contributed by atoms with Crippen molar-refractivity contribution in [2.24, 2.45) is 5.73 Å². The van der Waals surface area contributed by atoms with Gasteiger partial charge in [-0.3, -0.25) is 19.5 Å². The van der Waals surface area contributed by atoms with Crippen molar-refractivity contribution in [1.82, 2.24) is 14.3 Å². The van der Waals surface area contributed by atoms with Crippen molar-refractivity contribution in [2.75, 3.05) is 71.5 Å². The van der Waals surface area contributed by atoms with E-state index in [-0.39, 0.29) is 16.4 Å². The number of methoxy groups -OCH3 is 1. The van der Waals surface area contributed by atoms with Crippen LogP contribution in [0.2, 0.25) is 0 Å². The molecule has 1 saturated heterocycles. The zero-order valence-corrected chi connectivity index (χ0v) is 23.1. The summed E-state index contributed by atoms with van der Waals surface area (Å²) in [4.78, 5) is 43.0. The molecule has 2 aromatic carbocycles. The fraction of sp³-hybridized carbons (Fsp3) is 0.464.